The Bertz CT molecular complexity index is 463. The van der Waals surface area contributed by atoms with Gasteiger partial charge in [0.2, 0.25) is 0 Å². The third kappa shape index (κ3) is 3.05. The average Bonchev–Trinajstić information content (AvgIpc) is 2.46. The Morgan fingerprint density at radius 3 is 2.60 bits per heavy atom. The first-order chi connectivity index (χ1) is 9.64. The summed E-state index contributed by atoms with van der Waals surface area (Å²) in [7, 11) is 3.31. The number of aliphatic hydroxyl groups excluding tert-OH is 1. The van der Waals surface area contributed by atoms with Gasteiger partial charge in [0.25, 0.3) is 0 Å². The minimum atomic E-state index is -0.109. The number of thioether (sulfide) groups is 1. The van der Waals surface area contributed by atoms with Crippen LogP contribution >= 0.6 is 11.8 Å². The van der Waals surface area contributed by atoms with Crippen molar-refractivity contribution in [3.05, 3.63) is 23.3 Å². The highest BCUT2D eigenvalue weighted by Crippen LogP contribution is 2.46. The molecule has 0 saturated heterocycles. The normalized spacial score (nSPS) is 21.4. The van der Waals surface area contributed by atoms with Gasteiger partial charge in [0.1, 0.15) is 0 Å². The molecule has 0 radical (unpaired) electrons. The van der Waals surface area contributed by atoms with Crippen molar-refractivity contribution in [1.82, 2.24) is 0 Å². The van der Waals surface area contributed by atoms with Gasteiger partial charge in [-0.1, -0.05) is 0 Å². The van der Waals surface area contributed by atoms with Crippen molar-refractivity contribution >= 4 is 11.8 Å². The molecule has 5 heteroatoms. The van der Waals surface area contributed by atoms with Crippen molar-refractivity contribution in [3.8, 4) is 11.5 Å². The van der Waals surface area contributed by atoms with E-state index < -0.39 is 0 Å². The predicted octanol–water partition coefficient (Wildman–Crippen LogP) is 2.22. The molecule has 112 valence electrons. The second-order valence-corrected chi connectivity index (χ2v) is 6.57. The van der Waals surface area contributed by atoms with Crippen molar-refractivity contribution in [3.63, 3.8) is 0 Å². The van der Waals surface area contributed by atoms with E-state index in [0.717, 1.165) is 23.7 Å². The highest BCUT2D eigenvalue weighted by Gasteiger charge is 2.34. The molecule has 1 aliphatic heterocycles. The second-order valence-electron chi connectivity index (χ2n) is 4.97. The van der Waals surface area contributed by atoms with Gasteiger partial charge in [-0.3, -0.25) is 0 Å². The maximum Gasteiger partial charge on any atom is 0.161 e. The van der Waals surface area contributed by atoms with Crippen LogP contribution in [0.2, 0.25) is 0 Å². The number of methoxy groups -OCH3 is 2. The van der Waals surface area contributed by atoms with Crippen LogP contribution in [0.5, 0.6) is 11.5 Å². The first kappa shape index (κ1) is 15.5. The summed E-state index contributed by atoms with van der Waals surface area (Å²) in [6, 6.07) is 4.13. The number of rotatable bonds is 6. The largest absolute Gasteiger partial charge is 0.493 e. The fraction of sp³-hybridized carbons (Fsp3) is 0.600. The van der Waals surface area contributed by atoms with Crippen molar-refractivity contribution in [1.29, 1.82) is 0 Å². The van der Waals surface area contributed by atoms with E-state index in [9.17, 15) is 0 Å². The summed E-state index contributed by atoms with van der Waals surface area (Å²) in [6.45, 7) is 3.19. The molecule has 1 N–H and O–H groups in total. The first-order valence-electron chi connectivity index (χ1n) is 6.72. The van der Waals surface area contributed by atoms with Crippen molar-refractivity contribution in [2.75, 3.05) is 39.8 Å². The number of aliphatic hydroxyl groups is 1. The summed E-state index contributed by atoms with van der Waals surface area (Å²) in [4.78, 5) is 0. The van der Waals surface area contributed by atoms with Crippen LogP contribution in [0.25, 0.3) is 0 Å². The van der Waals surface area contributed by atoms with E-state index in [1.54, 1.807) is 14.2 Å². The lowest BCUT2D eigenvalue weighted by atomic mass is 9.92. The SMILES string of the molecule is COc1cc2c(cc1OC)C(C)(COCCO)SCC2. The monoisotopic (exact) mass is 298 g/mol. The number of ether oxygens (including phenoxy) is 3. The summed E-state index contributed by atoms with van der Waals surface area (Å²) in [5.74, 6) is 2.58. The molecular weight excluding hydrogens is 276 g/mol. The molecule has 0 spiro atoms. The van der Waals surface area contributed by atoms with Crippen LogP contribution in [0.3, 0.4) is 0 Å². The Labute approximate surface area is 124 Å². The number of benzene rings is 1. The molecule has 4 nitrogen and oxygen atoms in total. The lowest BCUT2D eigenvalue weighted by Crippen LogP contribution is -2.30. The molecule has 2 rings (SSSR count). The van der Waals surface area contributed by atoms with E-state index in [2.05, 4.69) is 19.1 Å². The van der Waals surface area contributed by atoms with Crippen molar-refractivity contribution < 1.29 is 19.3 Å². The molecule has 0 bridgehead atoms. The van der Waals surface area contributed by atoms with Crippen molar-refractivity contribution in [2.45, 2.75) is 18.1 Å². The summed E-state index contributed by atoms with van der Waals surface area (Å²) in [6.07, 6.45) is 1.02. The van der Waals surface area contributed by atoms with Gasteiger partial charge >= 0.3 is 0 Å². The van der Waals surface area contributed by atoms with Crippen LogP contribution in [0.4, 0.5) is 0 Å². The molecule has 0 aromatic heterocycles. The zero-order valence-corrected chi connectivity index (χ0v) is 13.1. The molecule has 0 amide bonds. The van der Waals surface area contributed by atoms with Crippen LogP contribution < -0.4 is 9.47 Å². The third-order valence-electron chi connectivity index (χ3n) is 3.58. The number of hydrogen-bond donors (Lipinski definition) is 1. The van der Waals surface area contributed by atoms with E-state index in [1.165, 1.54) is 11.1 Å². The van der Waals surface area contributed by atoms with Crippen molar-refractivity contribution in [2.24, 2.45) is 0 Å². The zero-order valence-electron chi connectivity index (χ0n) is 12.3. The van der Waals surface area contributed by atoms with E-state index in [-0.39, 0.29) is 11.4 Å². The van der Waals surface area contributed by atoms with Gasteiger partial charge in [-0.2, -0.15) is 0 Å². The zero-order chi connectivity index (χ0) is 14.6. The molecule has 20 heavy (non-hydrogen) atoms. The van der Waals surface area contributed by atoms with Gasteiger partial charge in [0.05, 0.1) is 38.8 Å². The molecule has 1 aromatic carbocycles. The van der Waals surface area contributed by atoms with Crippen LogP contribution in [0.1, 0.15) is 18.1 Å². The number of fused-ring (bicyclic) bond motifs is 1. The topological polar surface area (TPSA) is 47.9 Å². The maximum atomic E-state index is 8.86. The molecular formula is C15H22O4S. The van der Waals surface area contributed by atoms with Gasteiger partial charge in [-0.25, -0.2) is 0 Å². The Hall–Kier alpha value is -0.910. The van der Waals surface area contributed by atoms with Crippen LogP contribution in [-0.2, 0) is 15.9 Å². The molecule has 1 unspecified atom stereocenters. The third-order valence-corrected chi connectivity index (χ3v) is 4.97. The molecule has 1 heterocycles. The van der Waals surface area contributed by atoms with Gasteiger partial charge < -0.3 is 19.3 Å². The Morgan fingerprint density at radius 1 is 1.25 bits per heavy atom. The molecule has 1 atom stereocenters. The van der Waals surface area contributed by atoms with Gasteiger partial charge in [-0.05, 0) is 42.4 Å². The van der Waals surface area contributed by atoms with Gasteiger partial charge in [0, 0.05) is 0 Å². The fourth-order valence-corrected chi connectivity index (χ4v) is 3.82. The minimum Gasteiger partial charge on any atom is -0.493 e. The Morgan fingerprint density at radius 2 is 1.95 bits per heavy atom. The second kappa shape index (κ2) is 6.70. The number of hydrogen-bond acceptors (Lipinski definition) is 5. The highest BCUT2D eigenvalue weighted by molar-refractivity contribution is 8.00. The minimum absolute atomic E-state index is 0.0551. The average molecular weight is 298 g/mol. The summed E-state index contributed by atoms with van der Waals surface area (Å²) >= 11 is 1.89. The lowest BCUT2D eigenvalue weighted by Gasteiger charge is -2.35. The van der Waals surface area contributed by atoms with E-state index >= 15 is 0 Å². The smallest absolute Gasteiger partial charge is 0.161 e. The van der Waals surface area contributed by atoms with E-state index in [4.69, 9.17) is 19.3 Å². The summed E-state index contributed by atoms with van der Waals surface area (Å²) in [5.41, 5.74) is 2.53. The molecule has 0 fully saturated rings. The van der Waals surface area contributed by atoms with Gasteiger partial charge in [-0.15, -0.1) is 11.8 Å². The van der Waals surface area contributed by atoms with Crippen LogP contribution in [0, 0.1) is 0 Å². The maximum absolute atomic E-state index is 8.86. The molecule has 1 aliphatic rings. The molecule has 0 aliphatic carbocycles. The highest BCUT2D eigenvalue weighted by atomic mass is 32.2. The standard InChI is InChI=1S/C15H22O4S/c1-15(10-19-6-5-16)12-9-14(18-3)13(17-2)8-11(12)4-7-20-15/h8-9,16H,4-7,10H2,1-3H3. The lowest BCUT2D eigenvalue weighted by molar-refractivity contribution is 0.0785. The summed E-state index contributed by atoms with van der Waals surface area (Å²) in [5, 5.41) is 8.86. The van der Waals surface area contributed by atoms with Gasteiger partial charge in [0.15, 0.2) is 11.5 Å². The summed E-state index contributed by atoms with van der Waals surface area (Å²) < 4.78 is 16.2. The van der Waals surface area contributed by atoms with E-state index in [1.807, 2.05) is 11.8 Å². The van der Waals surface area contributed by atoms with E-state index in [0.29, 0.717) is 13.2 Å². The predicted molar refractivity (Wildman–Crippen MR) is 81.0 cm³/mol. The fourth-order valence-electron chi connectivity index (χ4n) is 2.54. The number of aryl methyl sites for hydroxylation is 1. The quantitative estimate of drug-likeness (QED) is 0.816. The molecule has 0 saturated carbocycles. The van der Waals surface area contributed by atoms with Crippen LogP contribution in [-0.4, -0.2) is 44.9 Å². The van der Waals surface area contributed by atoms with Crippen LogP contribution in [0.15, 0.2) is 12.1 Å². The molecule has 1 aromatic rings. The first-order valence-corrected chi connectivity index (χ1v) is 7.71. The Balaban J connectivity index is 2.33. The Kier molecular flexibility index (Phi) is 5.18.